The van der Waals surface area contributed by atoms with Gasteiger partial charge in [0.15, 0.2) is 0 Å². The van der Waals surface area contributed by atoms with E-state index in [0.717, 1.165) is 5.39 Å². The third-order valence-electron chi connectivity index (χ3n) is 4.29. The van der Waals surface area contributed by atoms with Gasteiger partial charge in [0.25, 0.3) is 0 Å². The largest absolute Gasteiger partial charge is 0.506 e. The van der Waals surface area contributed by atoms with Crippen LogP contribution in [-0.2, 0) is 14.2 Å². The van der Waals surface area contributed by atoms with Gasteiger partial charge in [0.2, 0.25) is 0 Å². The van der Waals surface area contributed by atoms with Crippen LogP contribution in [-0.4, -0.2) is 50.2 Å². The van der Waals surface area contributed by atoms with Gasteiger partial charge < -0.3 is 24.1 Å². The molecule has 0 radical (unpaired) electrons. The van der Waals surface area contributed by atoms with Crippen LogP contribution in [0.3, 0.4) is 0 Å². The lowest BCUT2D eigenvalue weighted by atomic mass is 9.93. The van der Waals surface area contributed by atoms with Crippen molar-refractivity contribution >= 4 is 22.8 Å². The number of aromatic hydroxyl groups is 1. The molecule has 1 heterocycles. The number of benzene rings is 2. The van der Waals surface area contributed by atoms with Crippen molar-refractivity contribution in [3.63, 3.8) is 0 Å². The zero-order valence-electron chi connectivity index (χ0n) is 15.8. The van der Waals surface area contributed by atoms with Gasteiger partial charge in [-0.1, -0.05) is 30.3 Å². The summed E-state index contributed by atoms with van der Waals surface area (Å²) in [6.07, 6.45) is 3.66. The number of phenolic OH excluding ortho intramolecular Hbond substituents is 1. The smallest absolute Gasteiger partial charge is 0.342 e. The van der Waals surface area contributed by atoms with Gasteiger partial charge in [0.05, 0.1) is 19.8 Å². The maximum atomic E-state index is 12.7. The Morgan fingerprint density at radius 3 is 2.56 bits per heavy atom. The van der Waals surface area contributed by atoms with Gasteiger partial charge in [-0.3, -0.25) is 0 Å². The molecule has 1 aliphatic heterocycles. The first-order valence-corrected chi connectivity index (χ1v) is 8.84. The van der Waals surface area contributed by atoms with Crippen LogP contribution in [0.1, 0.15) is 29.8 Å². The quantitative estimate of drug-likeness (QED) is 0.592. The lowest BCUT2D eigenvalue weighted by molar-refractivity contribution is 0.0211. The van der Waals surface area contributed by atoms with Crippen LogP contribution in [0, 0.1) is 0 Å². The maximum absolute atomic E-state index is 12.7. The van der Waals surface area contributed by atoms with E-state index in [1.807, 2.05) is 32.1 Å². The number of hydrogen-bond acceptors (Lipinski definition) is 6. The van der Waals surface area contributed by atoms with Crippen molar-refractivity contribution in [2.45, 2.75) is 19.4 Å². The normalized spacial score (nSPS) is 14.6. The molecule has 0 saturated heterocycles. The van der Waals surface area contributed by atoms with Crippen LogP contribution < -0.4 is 4.74 Å². The van der Waals surface area contributed by atoms with E-state index in [4.69, 9.17) is 18.9 Å². The van der Waals surface area contributed by atoms with Crippen LogP contribution >= 0.6 is 0 Å². The molecule has 0 saturated carbocycles. The highest BCUT2D eigenvalue weighted by molar-refractivity contribution is 6.08. The molecule has 144 valence electrons. The van der Waals surface area contributed by atoms with Crippen LogP contribution in [0.25, 0.3) is 16.8 Å². The summed E-state index contributed by atoms with van der Waals surface area (Å²) < 4.78 is 21.6. The first-order valence-electron chi connectivity index (χ1n) is 8.84. The fourth-order valence-corrected chi connectivity index (χ4v) is 2.97. The average molecular weight is 372 g/mol. The molecule has 2 aromatic carbocycles. The van der Waals surface area contributed by atoms with E-state index in [-0.39, 0.29) is 24.5 Å². The number of phenols is 1. The molecular weight excluding hydrogens is 348 g/mol. The summed E-state index contributed by atoms with van der Waals surface area (Å²) in [6.45, 7) is 5.11. The average Bonchev–Trinajstić information content (AvgIpc) is 2.65. The van der Waals surface area contributed by atoms with Crippen molar-refractivity contribution in [1.29, 1.82) is 0 Å². The predicted octanol–water partition coefficient (Wildman–Crippen LogP) is 3.55. The van der Waals surface area contributed by atoms with Crippen molar-refractivity contribution in [1.82, 2.24) is 0 Å². The van der Waals surface area contributed by atoms with Crippen LogP contribution in [0.4, 0.5) is 0 Å². The van der Waals surface area contributed by atoms with Gasteiger partial charge in [-0.2, -0.15) is 0 Å². The second-order valence-electron chi connectivity index (χ2n) is 6.79. The van der Waals surface area contributed by atoms with Gasteiger partial charge in [0.1, 0.15) is 29.3 Å². The Balaban J connectivity index is 1.91. The lowest BCUT2D eigenvalue weighted by Gasteiger charge is -2.30. The highest BCUT2D eigenvalue weighted by Crippen LogP contribution is 2.44. The molecule has 6 heteroatoms. The molecule has 0 atom stereocenters. The molecule has 0 unspecified atom stereocenters. The van der Waals surface area contributed by atoms with E-state index in [9.17, 15) is 9.90 Å². The minimum absolute atomic E-state index is 0.0830. The molecular formula is C21H24O6. The Hall–Kier alpha value is -2.57. The Morgan fingerprint density at radius 2 is 1.81 bits per heavy atom. The zero-order valence-corrected chi connectivity index (χ0v) is 15.8. The number of ether oxygens (including phenoxy) is 4. The fraction of sp³-hybridized carbons (Fsp3) is 0.381. The molecule has 0 spiro atoms. The number of rotatable bonds is 7. The molecule has 0 amide bonds. The molecule has 27 heavy (non-hydrogen) atoms. The Kier molecular flexibility index (Phi) is 5.68. The number of esters is 1. The molecule has 0 fully saturated rings. The molecule has 0 bridgehead atoms. The van der Waals surface area contributed by atoms with E-state index in [2.05, 4.69) is 0 Å². The SMILES string of the molecule is COCCOCCOC(=O)c1c2c(c3ccccc3c1O)OC(C)(C)C=C2. The van der Waals surface area contributed by atoms with Crippen molar-refractivity contribution in [3.8, 4) is 11.5 Å². The first-order chi connectivity index (χ1) is 12.9. The van der Waals surface area contributed by atoms with Crippen molar-refractivity contribution in [3.05, 3.63) is 41.5 Å². The lowest BCUT2D eigenvalue weighted by Crippen LogP contribution is -2.28. The fourth-order valence-electron chi connectivity index (χ4n) is 2.97. The Labute approximate surface area is 158 Å². The van der Waals surface area contributed by atoms with E-state index < -0.39 is 11.6 Å². The summed E-state index contributed by atoms with van der Waals surface area (Å²) in [6, 6.07) is 7.29. The van der Waals surface area contributed by atoms with Gasteiger partial charge in [0, 0.05) is 23.4 Å². The van der Waals surface area contributed by atoms with E-state index in [0.29, 0.717) is 29.9 Å². The zero-order chi connectivity index (χ0) is 19.4. The summed E-state index contributed by atoms with van der Waals surface area (Å²) in [4.78, 5) is 12.7. The van der Waals surface area contributed by atoms with Gasteiger partial charge in [-0.05, 0) is 19.9 Å². The Bertz CT molecular complexity index is 869. The van der Waals surface area contributed by atoms with E-state index in [1.165, 1.54) is 0 Å². The molecule has 1 N–H and O–H groups in total. The van der Waals surface area contributed by atoms with Crippen molar-refractivity contribution in [2.75, 3.05) is 33.5 Å². The summed E-state index contributed by atoms with van der Waals surface area (Å²) in [5.74, 6) is -0.153. The van der Waals surface area contributed by atoms with Crippen molar-refractivity contribution in [2.24, 2.45) is 0 Å². The summed E-state index contributed by atoms with van der Waals surface area (Å²) in [5, 5.41) is 12.0. The highest BCUT2D eigenvalue weighted by atomic mass is 16.6. The number of carbonyl (C=O) groups is 1. The number of fused-ring (bicyclic) bond motifs is 3. The minimum atomic E-state index is -0.613. The number of methoxy groups -OCH3 is 1. The molecule has 0 aliphatic carbocycles. The topological polar surface area (TPSA) is 74.2 Å². The third-order valence-corrected chi connectivity index (χ3v) is 4.29. The summed E-state index contributed by atoms with van der Waals surface area (Å²) in [7, 11) is 1.59. The third kappa shape index (κ3) is 4.07. The molecule has 1 aliphatic rings. The highest BCUT2D eigenvalue weighted by Gasteiger charge is 2.30. The molecule has 6 nitrogen and oxygen atoms in total. The molecule has 2 aromatic rings. The number of carbonyl (C=O) groups excluding carboxylic acids is 1. The van der Waals surface area contributed by atoms with Crippen LogP contribution in [0.15, 0.2) is 30.3 Å². The van der Waals surface area contributed by atoms with E-state index >= 15 is 0 Å². The minimum Gasteiger partial charge on any atom is -0.506 e. The van der Waals surface area contributed by atoms with Gasteiger partial charge in [-0.25, -0.2) is 4.79 Å². The predicted molar refractivity (Wildman–Crippen MR) is 102 cm³/mol. The maximum Gasteiger partial charge on any atom is 0.342 e. The van der Waals surface area contributed by atoms with Gasteiger partial charge in [-0.15, -0.1) is 0 Å². The number of hydrogen-bond donors (Lipinski definition) is 1. The second-order valence-corrected chi connectivity index (χ2v) is 6.79. The molecule has 0 aromatic heterocycles. The first kappa shape index (κ1) is 19.2. The summed E-state index contributed by atoms with van der Waals surface area (Å²) in [5.41, 5.74) is 0.117. The standard InChI is InChI=1S/C21H24O6/c1-21(2)9-8-16-17(20(23)26-13-12-25-11-10-24-3)18(22)14-6-4-5-7-15(14)19(16)27-21/h4-9,22H,10-13H2,1-3H3. The van der Waals surface area contributed by atoms with Crippen molar-refractivity contribution < 1.29 is 28.8 Å². The van der Waals surface area contributed by atoms with Crippen LogP contribution in [0.5, 0.6) is 11.5 Å². The van der Waals surface area contributed by atoms with Crippen LogP contribution in [0.2, 0.25) is 0 Å². The van der Waals surface area contributed by atoms with E-state index in [1.54, 1.807) is 25.3 Å². The second kappa shape index (κ2) is 7.98. The monoisotopic (exact) mass is 372 g/mol. The Morgan fingerprint density at radius 1 is 1.11 bits per heavy atom. The molecule has 3 rings (SSSR count). The summed E-state index contributed by atoms with van der Waals surface area (Å²) >= 11 is 0. The van der Waals surface area contributed by atoms with Gasteiger partial charge >= 0.3 is 5.97 Å².